The van der Waals surface area contributed by atoms with Crippen molar-refractivity contribution in [1.82, 2.24) is 0 Å². The van der Waals surface area contributed by atoms with Crippen molar-refractivity contribution in [2.75, 3.05) is 18.2 Å². The van der Waals surface area contributed by atoms with Crippen LogP contribution in [-0.2, 0) is 0 Å². The summed E-state index contributed by atoms with van der Waals surface area (Å²) >= 11 is 1.77. The average Bonchev–Trinajstić information content (AvgIpc) is 2.39. The maximum absolute atomic E-state index is 2.20. The number of anilines is 2. The molecule has 0 aromatic heterocycles. The smallest absolute Gasteiger partial charge is 0.0408 e. The van der Waals surface area contributed by atoms with E-state index in [1.165, 1.54) is 21.8 Å². The molecule has 2 aromatic carbocycles. The standard InChI is InChI=1S/C15H17NS/c1-12-4-6-13(7-5-12)16(2)14-8-10-15(17-3)11-9-14/h4-11H,1-3H3. The first-order valence-corrected chi connectivity index (χ1v) is 6.87. The van der Waals surface area contributed by atoms with Crippen LogP contribution in [0, 0.1) is 6.92 Å². The van der Waals surface area contributed by atoms with Crippen molar-refractivity contribution in [3.8, 4) is 0 Å². The fourth-order valence-corrected chi connectivity index (χ4v) is 2.13. The average molecular weight is 243 g/mol. The van der Waals surface area contributed by atoms with Crippen molar-refractivity contribution in [1.29, 1.82) is 0 Å². The summed E-state index contributed by atoms with van der Waals surface area (Å²) in [6, 6.07) is 17.2. The zero-order valence-corrected chi connectivity index (χ0v) is 11.3. The highest BCUT2D eigenvalue weighted by atomic mass is 32.2. The highest BCUT2D eigenvalue weighted by Gasteiger charge is 2.03. The van der Waals surface area contributed by atoms with Gasteiger partial charge in [-0.15, -0.1) is 11.8 Å². The molecular formula is C15H17NS. The van der Waals surface area contributed by atoms with Crippen LogP contribution in [0.15, 0.2) is 53.4 Å². The van der Waals surface area contributed by atoms with Crippen molar-refractivity contribution in [2.45, 2.75) is 11.8 Å². The van der Waals surface area contributed by atoms with E-state index in [2.05, 4.69) is 73.7 Å². The molecule has 0 saturated heterocycles. The van der Waals surface area contributed by atoms with Crippen molar-refractivity contribution in [3.63, 3.8) is 0 Å². The zero-order chi connectivity index (χ0) is 12.3. The lowest BCUT2D eigenvalue weighted by molar-refractivity contribution is 1.20. The number of thioether (sulfide) groups is 1. The van der Waals surface area contributed by atoms with Gasteiger partial charge in [-0.2, -0.15) is 0 Å². The minimum absolute atomic E-state index is 1.21. The van der Waals surface area contributed by atoms with Crippen LogP contribution in [0.5, 0.6) is 0 Å². The summed E-state index contributed by atoms with van der Waals surface area (Å²) in [5, 5.41) is 0. The molecule has 0 amide bonds. The van der Waals surface area contributed by atoms with Gasteiger partial charge < -0.3 is 4.90 Å². The highest BCUT2D eigenvalue weighted by Crippen LogP contribution is 2.25. The summed E-state index contributed by atoms with van der Waals surface area (Å²) in [6.07, 6.45) is 2.10. The molecule has 0 heterocycles. The minimum Gasteiger partial charge on any atom is -0.345 e. The van der Waals surface area contributed by atoms with Crippen LogP contribution in [-0.4, -0.2) is 13.3 Å². The van der Waals surface area contributed by atoms with Gasteiger partial charge in [0.15, 0.2) is 0 Å². The fraction of sp³-hybridized carbons (Fsp3) is 0.200. The first-order valence-electron chi connectivity index (χ1n) is 5.65. The van der Waals surface area contributed by atoms with Crippen molar-refractivity contribution < 1.29 is 0 Å². The van der Waals surface area contributed by atoms with Crippen molar-refractivity contribution in [3.05, 3.63) is 54.1 Å². The predicted molar refractivity (Wildman–Crippen MR) is 77.5 cm³/mol. The highest BCUT2D eigenvalue weighted by molar-refractivity contribution is 7.98. The molecule has 0 aliphatic rings. The summed E-state index contributed by atoms with van der Waals surface area (Å²) in [4.78, 5) is 3.50. The first kappa shape index (κ1) is 12.1. The molecule has 0 saturated carbocycles. The van der Waals surface area contributed by atoms with Crippen LogP contribution in [0.1, 0.15) is 5.56 Å². The topological polar surface area (TPSA) is 3.24 Å². The Kier molecular flexibility index (Phi) is 3.75. The molecule has 0 fully saturated rings. The van der Waals surface area contributed by atoms with Crippen LogP contribution in [0.4, 0.5) is 11.4 Å². The summed E-state index contributed by atoms with van der Waals surface area (Å²) < 4.78 is 0. The summed E-state index contributed by atoms with van der Waals surface area (Å²) in [5.41, 5.74) is 3.72. The zero-order valence-electron chi connectivity index (χ0n) is 10.5. The van der Waals surface area contributed by atoms with E-state index in [1.54, 1.807) is 11.8 Å². The van der Waals surface area contributed by atoms with Gasteiger partial charge in [0.2, 0.25) is 0 Å². The molecule has 17 heavy (non-hydrogen) atoms. The Morgan fingerprint density at radius 2 is 1.29 bits per heavy atom. The molecule has 88 valence electrons. The van der Waals surface area contributed by atoms with Gasteiger partial charge in [0.05, 0.1) is 0 Å². The number of hydrogen-bond donors (Lipinski definition) is 0. The second kappa shape index (κ2) is 5.28. The normalized spacial score (nSPS) is 10.3. The van der Waals surface area contributed by atoms with E-state index >= 15 is 0 Å². The Morgan fingerprint density at radius 1 is 0.824 bits per heavy atom. The van der Waals surface area contributed by atoms with Crippen molar-refractivity contribution in [2.24, 2.45) is 0 Å². The lowest BCUT2D eigenvalue weighted by Crippen LogP contribution is -2.08. The maximum Gasteiger partial charge on any atom is 0.0408 e. The Balaban J connectivity index is 2.23. The Labute approximate surface area is 107 Å². The number of aryl methyl sites for hydroxylation is 1. The minimum atomic E-state index is 1.21. The van der Waals surface area contributed by atoms with Crippen LogP contribution in [0.25, 0.3) is 0 Å². The maximum atomic E-state index is 2.20. The third-order valence-electron chi connectivity index (χ3n) is 2.88. The molecular weight excluding hydrogens is 226 g/mol. The second-order valence-electron chi connectivity index (χ2n) is 4.09. The van der Waals surface area contributed by atoms with Crippen LogP contribution >= 0.6 is 11.8 Å². The van der Waals surface area contributed by atoms with Gasteiger partial charge >= 0.3 is 0 Å². The molecule has 0 bridgehead atoms. The van der Waals surface area contributed by atoms with Crippen LogP contribution < -0.4 is 4.90 Å². The van der Waals surface area contributed by atoms with E-state index in [-0.39, 0.29) is 0 Å². The summed E-state index contributed by atoms with van der Waals surface area (Å²) in [6.45, 7) is 2.11. The van der Waals surface area contributed by atoms with Gasteiger partial charge in [-0.05, 0) is 49.6 Å². The number of nitrogens with zero attached hydrogens (tertiary/aromatic N) is 1. The lowest BCUT2D eigenvalue weighted by Gasteiger charge is -2.19. The van der Waals surface area contributed by atoms with Gasteiger partial charge in [-0.3, -0.25) is 0 Å². The molecule has 2 heteroatoms. The monoisotopic (exact) mass is 243 g/mol. The molecule has 0 spiro atoms. The van der Waals surface area contributed by atoms with Gasteiger partial charge in [-0.1, -0.05) is 17.7 Å². The Hall–Kier alpha value is -1.41. The van der Waals surface area contributed by atoms with Gasteiger partial charge in [-0.25, -0.2) is 0 Å². The molecule has 0 aliphatic heterocycles. The van der Waals surface area contributed by atoms with Gasteiger partial charge in [0.1, 0.15) is 0 Å². The Morgan fingerprint density at radius 3 is 1.76 bits per heavy atom. The Bertz CT molecular complexity index is 473. The fourth-order valence-electron chi connectivity index (χ4n) is 1.72. The molecule has 0 aliphatic carbocycles. The third-order valence-corrected chi connectivity index (χ3v) is 3.62. The molecule has 1 nitrogen and oxygen atoms in total. The SMILES string of the molecule is CSc1ccc(N(C)c2ccc(C)cc2)cc1. The lowest BCUT2D eigenvalue weighted by atomic mass is 10.2. The molecule has 2 rings (SSSR count). The van der Waals surface area contributed by atoms with E-state index in [4.69, 9.17) is 0 Å². The molecule has 0 unspecified atom stereocenters. The second-order valence-corrected chi connectivity index (χ2v) is 4.97. The number of rotatable bonds is 3. The first-order chi connectivity index (χ1) is 8.20. The van der Waals surface area contributed by atoms with E-state index < -0.39 is 0 Å². The van der Waals surface area contributed by atoms with E-state index in [0.29, 0.717) is 0 Å². The summed E-state index contributed by atoms with van der Waals surface area (Å²) in [5.74, 6) is 0. The van der Waals surface area contributed by atoms with Gasteiger partial charge in [0, 0.05) is 23.3 Å². The number of benzene rings is 2. The molecule has 2 aromatic rings. The van der Waals surface area contributed by atoms with Gasteiger partial charge in [0.25, 0.3) is 0 Å². The van der Waals surface area contributed by atoms with E-state index in [9.17, 15) is 0 Å². The molecule has 0 N–H and O–H groups in total. The quantitative estimate of drug-likeness (QED) is 0.731. The van der Waals surface area contributed by atoms with E-state index in [1.807, 2.05) is 0 Å². The molecule has 0 atom stereocenters. The number of hydrogen-bond acceptors (Lipinski definition) is 2. The molecule has 0 radical (unpaired) electrons. The third kappa shape index (κ3) is 2.83. The predicted octanol–water partition coefficient (Wildman–Crippen LogP) is 4.48. The van der Waals surface area contributed by atoms with Crippen LogP contribution in [0.2, 0.25) is 0 Å². The van der Waals surface area contributed by atoms with Crippen LogP contribution in [0.3, 0.4) is 0 Å². The largest absolute Gasteiger partial charge is 0.345 e. The summed E-state index contributed by atoms with van der Waals surface area (Å²) in [7, 11) is 2.10. The van der Waals surface area contributed by atoms with E-state index in [0.717, 1.165) is 0 Å². The van der Waals surface area contributed by atoms with Crippen molar-refractivity contribution >= 4 is 23.1 Å².